The van der Waals surface area contributed by atoms with Crippen LogP contribution in [-0.4, -0.2) is 68.8 Å². The molecule has 1 aliphatic heterocycles. The Morgan fingerprint density at radius 2 is 1.69 bits per heavy atom. The number of rotatable bonds is 7. The van der Waals surface area contributed by atoms with Gasteiger partial charge >= 0.3 is 0 Å². The van der Waals surface area contributed by atoms with Crippen LogP contribution < -0.4 is 10.2 Å². The SMILES string of the molecule is CCc1nc(Nc2nc(C)cc(C(=O)Cc3ccccc3)n2)nc(N2CCN(C)CC2)n1. The Bertz CT molecular complexity index is 1080. The summed E-state index contributed by atoms with van der Waals surface area (Å²) in [7, 11) is 2.11. The Morgan fingerprint density at radius 1 is 0.969 bits per heavy atom. The van der Waals surface area contributed by atoms with Gasteiger partial charge in [0.05, 0.1) is 0 Å². The summed E-state index contributed by atoms with van der Waals surface area (Å²) < 4.78 is 0. The molecule has 4 rings (SSSR count). The molecule has 0 atom stereocenters. The first-order valence-corrected chi connectivity index (χ1v) is 10.9. The van der Waals surface area contributed by atoms with Crippen molar-refractivity contribution in [1.29, 1.82) is 0 Å². The van der Waals surface area contributed by atoms with Gasteiger partial charge in [-0.15, -0.1) is 0 Å². The van der Waals surface area contributed by atoms with E-state index in [2.05, 4.69) is 47.1 Å². The van der Waals surface area contributed by atoms with E-state index in [4.69, 9.17) is 0 Å². The maximum Gasteiger partial charge on any atom is 0.234 e. The zero-order valence-electron chi connectivity index (χ0n) is 18.7. The van der Waals surface area contributed by atoms with Crippen LogP contribution in [0.5, 0.6) is 0 Å². The molecular weight excluding hydrogens is 404 g/mol. The molecule has 3 heterocycles. The topological polar surface area (TPSA) is 100 Å². The fourth-order valence-electron chi connectivity index (χ4n) is 3.51. The van der Waals surface area contributed by atoms with Gasteiger partial charge < -0.3 is 9.80 Å². The molecule has 0 bridgehead atoms. The van der Waals surface area contributed by atoms with Crippen molar-refractivity contribution in [2.45, 2.75) is 26.7 Å². The maximum atomic E-state index is 12.8. The van der Waals surface area contributed by atoms with Gasteiger partial charge in [0.25, 0.3) is 0 Å². The number of piperazine rings is 1. The van der Waals surface area contributed by atoms with Crippen molar-refractivity contribution in [3.63, 3.8) is 0 Å². The van der Waals surface area contributed by atoms with Crippen LogP contribution in [0.4, 0.5) is 17.8 Å². The lowest BCUT2D eigenvalue weighted by Crippen LogP contribution is -2.45. The van der Waals surface area contributed by atoms with Crippen LogP contribution in [0.1, 0.15) is 34.5 Å². The highest BCUT2D eigenvalue weighted by Crippen LogP contribution is 2.17. The molecule has 32 heavy (non-hydrogen) atoms. The number of likely N-dealkylation sites (N-methyl/N-ethyl adjacent to an activating group) is 1. The molecule has 3 aromatic rings. The zero-order chi connectivity index (χ0) is 22.5. The van der Waals surface area contributed by atoms with E-state index in [0.717, 1.165) is 31.7 Å². The zero-order valence-corrected chi connectivity index (χ0v) is 18.7. The summed E-state index contributed by atoms with van der Waals surface area (Å²) in [5.74, 6) is 1.98. The molecule has 1 fully saturated rings. The molecule has 1 aromatic carbocycles. The second-order valence-corrected chi connectivity index (χ2v) is 7.95. The van der Waals surface area contributed by atoms with Crippen LogP contribution in [0.25, 0.3) is 0 Å². The number of carbonyl (C=O) groups excluding carboxylic acids is 1. The van der Waals surface area contributed by atoms with E-state index in [1.165, 1.54) is 0 Å². The van der Waals surface area contributed by atoms with E-state index < -0.39 is 0 Å². The second-order valence-electron chi connectivity index (χ2n) is 7.95. The fraction of sp³-hybridized carbons (Fsp3) is 0.391. The molecule has 0 unspecified atom stereocenters. The third-order valence-corrected chi connectivity index (χ3v) is 5.34. The summed E-state index contributed by atoms with van der Waals surface area (Å²) in [4.78, 5) is 39.8. The van der Waals surface area contributed by atoms with E-state index in [-0.39, 0.29) is 12.2 Å². The van der Waals surface area contributed by atoms with Crippen LogP contribution in [0.15, 0.2) is 36.4 Å². The molecular formula is C23H28N8O. The quantitative estimate of drug-likeness (QED) is 0.564. The second kappa shape index (κ2) is 9.78. The van der Waals surface area contributed by atoms with Crippen molar-refractivity contribution in [2.24, 2.45) is 0 Å². The predicted octanol–water partition coefficient (Wildman–Crippen LogP) is 2.45. The monoisotopic (exact) mass is 432 g/mol. The number of ketones is 1. The Kier molecular flexibility index (Phi) is 6.65. The molecule has 1 aliphatic rings. The number of Topliss-reactive ketones (excluding diaryl/α,β-unsaturated/α-hetero) is 1. The molecule has 9 heteroatoms. The highest BCUT2D eigenvalue weighted by Gasteiger charge is 2.19. The molecule has 9 nitrogen and oxygen atoms in total. The van der Waals surface area contributed by atoms with E-state index in [1.54, 1.807) is 6.07 Å². The number of nitrogens with one attached hydrogen (secondary N) is 1. The maximum absolute atomic E-state index is 12.8. The van der Waals surface area contributed by atoms with Crippen LogP contribution in [0.3, 0.4) is 0 Å². The Balaban J connectivity index is 1.55. The summed E-state index contributed by atoms with van der Waals surface area (Å²) >= 11 is 0. The van der Waals surface area contributed by atoms with Crippen molar-refractivity contribution in [1.82, 2.24) is 29.8 Å². The molecule has 0 spiro atoms. The van der Waals surface area contributed by atoms with Gasteiger partial charge in [-0.25, -0.2) is 9.97 Å². The van der Waals surface area contributed by atoms with Gasteiger partial charge in [0.15, 0.2) is 5.78 Å². The van der Waals surface area contributed by atoms with Crippen LogP contribution in [0.2, 0.25) is 0 Å². The number of aromatic nitrogens is 5. The molecule has 0 amide bonds. The lowest BCUT2D eigenvalue weighted by molar-refractivity contribution is 0.0988. The molecule has 166 valence electrons. The number of nitrogens with zero attached hydrogens (tertiary/aromatic N) is 7. The first-order valence-electron chi connectivity index (χ1n) is 10.9. The number of hydrogen-bond donors (Lipinski definition) is 1. The molecule has 0 radical (unpaired) electrons. The average molecular weight is 433 g/mol. The number of benzene rings is 1. The van der Waals surface area contributed by atoms with E-state index in [0.29, 0.717) is 41.5 Å². The van der Waals surface area contributed by atoms with Gasteiger partial charge in [-0.05, 0) is 25.6 Å². The van der Waals surface area contributed by atoms with Gasteiger partial charge in [0, 0.05) is 44.7 Å². The van der Waals surface area contributed by atoms with Gasteiger partial charge in [0.2, 0.25) is 17.8 Å². The van der Waals surface area contributed by atoms with Crippen molar-refractivity contribution in [2.75, 3.05) is 43.4 Å². The third kappa shape index (κ3) is 5.42. The van der Waals surface area contributed by atoms with Gasteiger partial charge in [-0.1, -0.05) is 37.3 Å². The van der Waals surface area contributed by atoms with Crippen LogP contribution in [-0.2, 0) is 12.8 Å². The van der Waals surface area contributed by atoms with E-state index >= 15 is 0 Å². The first kappa shape index (κ1) is 21.8. The van der Waals surface area contributed by atoms with E-state index in [9.17, 15) is 4.79 Å². The lowest BCUT2D eigenvalue weighted by atomic mass is 10.1. The highest BCUT2D eigenvalue weighted by atomic mass is 16.1. The Labute approximate surface area is 188 Å². The van der Waals surface area contributed by atoms with Crippen LogP contribution >= 0.6 is 0 Å². The standard InChI is InChI=1S/C23H28N8O/c1-4-20-26-22(29-23(27-20)31-12-10-30(3)11-13-31)28-21-24-16(2)14-18(25-21)19(32)15-17-8-6-5-7-9-17/h5-9,14H,4,10-13,15H2,1-3H3,(H,24,25,26,27,28,29). The number of anilines is 3. The van der Waals surface area contributed by atoms with Crippen molar-refractivity contribution in [3.05, 3.63) is 59.2 Å². The van der Waals surface area contributed by atoms with E-state index in [1.807, 2.05) is 44.2 Å². The lowest BCUT2D eigenvalue weighted by Gasteiger charge is -2.32. The Hall–Kier alpha value is -3.46. The summed E-state index contributed by atoms with van der Waals surface area (Å²) in [6, 6.07) is 11.3. The first-order chi connectivity index (χ1) is 15.5. The summed E-state index contributed by atoms with van der Waals surface area (Å²) in [6.45, 7) is 7.50. The number of hydrogen-bond acceptors (Lipinski definition) is 9. The van der Waals surface area contributed by atoms with Crippen LogP contribution in [0, 0.1) is 6.92 Å². The molecule has 0 aliphatic carbocycles. The third-order valence-electron chi connectivity index (χ3n) is 5.34. The van der Waals surface area contributed by atoms with Crippen molar-refractivity contribution < 1.29 is 4.79 Å². The Morgan fingerprint density at radius 3 is 2.41 bits per heavy atom. The van der Waals surface area contributed by atoms with Gasteiger partial charge in [-0.2, -0.15) is 15.0 Å². The molecule has 1 N–H and O–H groups in total. The smallest absolute Gasteiger partial charge is 0.234 e. The number of aryl methyl sites for hydroxylation is 2. The minimum atomic E-state index is -0.0623. The fourth-order valence-corrected chi connectivity index (χ4v) is 3.51. The largest absolute Gasteiger partial charge is 0.338 e. The van der Waals surface area contributed by atoms with Gasteiger partial charge in [0.1, 0.15) is 11.5 Å². The summed E-state index contributed by atoms with van der Waals surface area (Å²) in [5.41, 5.74) is 2.01. The average Bonchev–Trinajstić information content (AvgIpc) is 2.79. The highest BCUT2D eigenvalue weighted by molar-refractivity contribution is 5.96. The molecule has 0 saturated carbocycles. The number of carbonyl (C=O) groups is 1. The van der Waals surface area contributed by atoms with Gasteiger partial charge in [-0.3, -0.25) is 10.1 Å². The van der Waals surface area contributed by atoms with Crippen molar-refractivity contribution >= 4 is 23.6 Å². The minimum absolute atomic E-state index is 0.0623. The normalized spacial score (nSPS) is 14.4. The summed E-state index contributed by atoms with van der Waals surface area (Å²) in [6.07, 6.45) is 0.976. The minimum Gasteiger partial charge on any atom is -0.338 e. The van der Waals surface area contributed by atoms with Crippen molar-refractivity contribution in [3.8, 4) is 0 Å². The molecule has 2 aromatic heterocycles. The predicted molar refractivity (Wildman–Crippen MR) is 123 cm³/mol. The molecule has 1 saturated heterocycles. The summed E-state index contributed by atoms with van der Waals surface area (Å²) in [5, 5.41) is 3.09.